The van der Waals surface area contributed by atoms with E-state index in [2.05, 4.69) is 5.32 Å². The zero-order valence-corrected chi connectivity index (χ0v) is 11.9. The molecule has 0 aromatic carbocycles. The van der Waals surface area contributed by atoms with Crippen molar-refractivity contribution >= 4 is 6.03 Å². The van der Waals surface area contributed by atoms with Crippen LogP contribution in [0.5, 0.6) is 0 Å². The Morgan fingerprint density at radius 3 is 2.83 bits per heavy atom. The van der Waals surface area contributed by atoms with Gasteiger partial charge in [0, 0.05) is 26.2 Å². The lowest BCUT2D eigenvalue weighted by atomic mass is 10.1. The van der Waals surface area contributed by atoms with Crippen molar-refractivity contribution in [3.8, 4) is 0 Å². The van der Waals surface area contributed by atoms with Gasteiger partial charge in [0.05, 0.1) is 11.7 Å². The number of aliphatic hydroxyl groups excluding tert-OH is 1. The topological polar surface area (TPSA) is 61.8 Å². The van der Waals surface area contributed by atoms with E-state index in [0.29, 0.717) is 13.0 Å². The molecule has 1 fully saturated rings. The fourth-order valence-corrected chi connectivity index (χ4v) is 2.20. The van der Waals surface area contributed by atoms with Crippen molar-refractivity contribution in [3.63, 3.8) is 0 Å². The number of nitrogens with zero attached hydrogens (tertiary/aromatic N) is 1. The number of carbonyl (C=O) groups excluding carboxylic acids is 1. The van der Waals surface area contributed by atoms with Crippen LogP contribution < -0.4 is 5.32 Å². The Hall–Kier alpha value is -0.810. The van der Waals surface area contributed by atoms with Crippen LogP contribution in [0.15, 0.2) is 0 Å². The molecule has 1 heterocycles. The van der Waals surface area contributed by atoms with E-state index in [0.717, 1.165) is 19.4 Å². The third-order valence-corrected chi connectivity index (χ3v) is 3.47. The molecular weight excluding hydrogens is 232 g/mol. The van der Waals surface area contributed by atoms with Crippen LogP contribution in [0.3, 0.4) is 0 Å². The van der Waals surface area contributed by atoms with Crippen molar-refractivity contribution in [1.82, 2.24) is 10.2 Å². The van der Waals surface area contributed by atoms with Crippen LogP contribution in [-0.2, 0) is 4.74 Å². The molecule has 0 aromatic rings. The van der Waals surface area contributed by atoms with Crippen molar-refractivity contribution in [2.45, 2.75) is 57.8 Å². The van der Waals surface area contributed by atoms with Crippen LogP contribution in [0.4, 0.5) is 4.79 Å². The highest BCUT2D eigenvalue weighted by Gasteiger charge is 2.30. The van der Waals surface area contributed by atoms with E-state index in [1.54, 1.807) is 14.0 Å². The quantitative estimate of drug-likeness (QED) is 0.782. The van der Waals surface area contributed by atoms with Gasteiger partial charge in [0.15, 0.2) is 0 Å². The van der Waals surface area contributed by atoms with Crippen molar-refractivity contribution < 1.29 is 14.6 Å². The monoisotopic (exact) mass is 258 g/mol. The number of likely N-dealkylation sites (tertiary alicyclic amines) is 1. The average molecular weight is 258 g/mol. The van der Waals surface area contributed by atoms with Gasteiger partial charge in [-0.15, -0.1) is 0 Å². The van der Waals surface area contributed by atoms with Gasteiger partial charge in [-0.2, -0.15) is 0 Å². The average Bonchev–Trinajstić information content (AvgIpc) is 2.73. The molecule has 0 aromatic heterocycles. The summed E-state index contributed by atoms with van der Waals surface area (Å²) in [6.07, 6.45) is 2.28. The van der Waals surface area contributed by atoms with Crippen LogP contribution in [0.25, 0.3) is 0 Å². The molecule has 0 saturated carbocycles. The first-order chi connectivity index (χ1) is 8.35. The molecule has 2 N–H and O–H groups in total. The van der Waals surface area contributed by atoms with E-state index in [-0.39, 0.29) is 23.8 Å². The molecule has 0 aliphatic carbocycles. The maximum Gasteiger partial charge on any atom is 0.317 e. The Morgan fingerprint density at radius 1 is 1.61 bits per heavy atom. The predicted molar refractivity (Wildman–Crippen MR) is 70.5 cm³/mol. The number of methoxy groups -OCH3 is 1. The van der Waals surface area contributed by atoms with E-state index in [9.17, 15) is 9.90 Å². The molecule has 2 atom stereocenters. The van der Waals surface area contributed by atoms with Crippen LogP contribution in [0.2, 0.25) is 0 Å². The first-order valence-electron chi connectivity index (χ1n) is 6.63. The Labute approximate surface area is 109 Å². The smallest absolute Gasteiger partial charge is 0.317 e. The highest BCUT2D eigenvalue weighted by Crippen LogP contribution is 2.21. The summed E-state index contributed by atoms with van der Waals surface area (Å²) in [4.78, 5) is 13.9. The highest BCUT2D eigenvalue weighted by molar-refractivity contribution is 5.74. The van der Waals surface area contributed by atoms with Gasteiger partial charge in [-0.05, 0) is 40.0 Å². The summed E-state index contributed by atoms with van der Waals surface area (Å²) in [7, 11) is 1.64. The zero-order chi connectivity index (χ0) is 13.8. The SMILES string of the molecule is COC(C)(C)CNC(=O)N1CCCC1CC(C)O. The van der Waals surface area contributed by atoms with Gasteiger partial charge in [-0.1, -0.05) is 0 Å². The van der Waals surface area contributed by atoms with Crippen LogP contribution in [0.1, 0.15) is 40.0 Å². The first kappa shape index (κ1) is 15.2. The third kappa shape index (κ3) is 4.46. The summed E-state index contributed by atoms with van der Waals surface area (Å²) in [5.41, 5.74) is -0.352. The summed E-state index contributed by atoms with van der Waals surface area (Å²) in [5.74, 6) is 0. The zero-order valence-electron chi connectivity index (χ0n) is 11.9. The molecule has 2 unspecified atom stereocenters. The normalized spacial score (nSPS) is 22.1. The van der Waals surface area contributed by atoms with Crippen molar-refractivity contribution in [1.29, 1.82) is 0 Å². The maximum atomic E-state index is 12.1. The Bertz CT molecular complexity index is 279. The molecular formula is C13H26N2O3. The highest BCUT2D eigenvalue weighted by atomic mass is 16.5. The van der Waals surface area contributed by atoms with Gasteiger partial charge < -0.3 is 20.1 Å². The molecule has 18 heavy (non-hydrogen) atoms. The van der Waals surface area contributed by atoms with Crippen LogP contribution in [0, 0.1) is 0 Å². The molecule has 2 amide bonds. The summed E-state index contributed by atoms with van der Waals surface area (Å²) < 4.78 is 5.27. The van der Waals surface area contributed by atoms with E-state index >= 15 is 0 Å². The summed E-state index contributed by atoms with van der Waals surface area (Å²) in [6, 6.07) is 0.110. The van der Waals surface area contributed by atoms with Crippen LogP contribution in [-0.4, -0.2) is 54.0 Å². The molecule has 0 bridgehead atoms. The van der Waals surface area contributed by atoms with E-state index < -0.39 is 0 Å². The summed E-state index contributed by atoms with van der Waals surface area (Å²) in [5, 5.41) is 12.3. The van der Waals surface area contributed by atoms with Crippen molar-refractivity contribution in [3.05, 3.63) is 0 Å². The molecule has 1 aliphatic heterocycles. The minimum atomic E-state index is -0.362. The molecule has 1 rings (SSSR count). The number of hydrogen-bond acceptors (Lipinski definition) is 3. The molecule has 106 valence electrons. The number of aliphatic hydroxyl groups is 1. The molecule has 1 aliphatic rings. The van der Waals surface area contributed by atoms with Gasteiger partial charge >= 0.3 is 6.03 Å². The van der Waals surface area contributed by atoms with Crippen molar-refractivity contribution in [2.24, 2.45) is 0 Å². The minimum absolute atomic E-state index is 0.0525. The number of rotatable bonds is 5. The number of ether oxygens (including phenoxy) is 1. The molecule has 0 spiro atoms. The third-order valence-electron chi connectivity index (χ3n) is 3.47. The Morgan fingerprint density at radius 2 is 2.28 bits per heavy atom. The molecule has 1 saturated heterocycles. The lowest BCUT2D eigenvalue weighted by molar-refractivity contribution is 0.0239. The van der Waals surface area contributed by atoms with E-state index in [1.165, 1.54) is 0 Å². The fourth-order valence-electron chi connectivity index (χ4n) is 2.20. The number of amides is 2. The second-order valence-corrected chi connectivity index (χ2v) is 5.70. The first-order valence-corrected chi connectivity index (χ1v) is 6.63. The van der Waals surface area contributed by atoms with Gasteiger partial charge in [0.2, 0.25) is 0 Å². The largest absolute Gasteiger partial charge is 0.393 e. The number of carbonyl (C=O) groups is 1. The second kappa shape index (κ2) is 6.38. The Kier molecular flexibility index (Phi) is 5.41. The minimum Gasteiger partial charge on any atom is -0.393 e. The van der Waals surface area contributed by atoms with Crippen molar-refractivity contribution in [2.75, 3.05) is 20.2 Å². The number of urea groups is 1. The molecule has 0 radical (unpaired) electrons. The molecule has 5 heteroatoms. The number of nitrogens with one attached hydrogen (secondary N) is 1. The molecule has 5 nitrogen and oxygen atoms in total. The van der Waals surface area contributed by atoms with Gasteiger partial charge in [0.25, 0.3) is 0 Å². The summed E-state index contributed by atoms with van der Waals surface area (Å²) in [6.45, 7) is 6.90. The van der Waals surface area contributed by atoms with Gasteiger partial charge in [-0.3, -0.25) is 0 Å². The van der Waals surface area contributed by atoms with Gasteiger partial charge in [0.1, 0.15) is 0 Å². The lowest BCUT2D eigenvalue weighted by Crippen LogP contribution is -2.48. The van der Waals surface area contributed by atoms with Gasteiger partial charge in [-0.25, -0.2) is 4.79 Å². The Balaban J connectivity index is 2.45. The lowest BCUT2D eigenvalue weighted by Gasteiger charge is -2.29. The van der Waals surface area contributed by atoms with Crippen LogP contribution >= 0.6 is 0 Å². The number of hydrogen-bond donors (Lipinski definition) is 2. The fraction of sp³-hybridized carbons (Fsp3) is 0.923. The second-order valence-electron chi connectivity index (χ2n) is 5.70. The maximum absolute atomic E-state index is 12.1. The predicted octanol–water partition coefficient (Wildman–Crippen LogP) is 1.36. The van der Waals surface area contributed by atoms with E-state index in [4.69, 9.17) is 4.74 Å². The summed E-state index contributed by atoms with van der Waals surface area (Å²) >= 11 is 0. The van der Waals surface area contributed by atoms with E-state index in [1.807, 2.05) is 18.7 Å². The standard InChI is InChI=1S/C13H26N2O3/c1-10(16)8-11-6-5-7-15(11)12(17)14-9-13(2,3)18-4/h10-11,16H,5-9H2,1-4H3,(H,14,17).